The lowest BCUT2D eigenvalue weighted by molar-refractivity contribution is -0.394. The number of amides is 2. The number of carbonyl (C=O) groups is 3. The van der Waals surface area contributed by atoms with Crippen LogP contribution in [0.3, 0.4) is 0 Å². The number of hydrogen-bond acceptors (Lipinski definition) is 11. The van der Waals surface area contributed by atoms with Crippen LogP contribution in [0.25, 0.3) is 6.08 Å². The first-order valence-corrected chi connectivity index (χ1v) is 11.1. The van der Waals surface area contributed by atoms with Crippen LogP contribution in [-0.4, -0.2) is 39.0 Å². The number of rotatable bonds is 8. The zero-order valence-corrected chi connectivity index (χ0v) is 19.6. The van der Waals surface area contributed by atoms with Crippen LogP contribution in [0.2, 0.25) is 0 Å². The largest absolute Gasteiger partial charge is 0.463 e. The van der Waals surface area contributed by atoms with Crippen molar-refractivity contribution in [2.45, 2.75) is 6.54 Å². The Morgan fingerprint density at radius 3 is 2.43 bits per heavy atom. The molecule has 37 heavy (non-hydrogen) atoms. The number of furan rings is 1. The molecule has 1 aliphatic rings. The molecule has 0 radical (unpaired) electrons. The third-order valence-electron chi connectivity index (χ3n) is 4.99. The highest BCUT2D eigenvalue weighted by Crippen LogP contribution is 2.36. The van der Waals surface area contributed by atoms with Gasteiger partial charge in [0.05, 0.1) is 34.5 Å². The van der Waals surface area contributed by atoms with Crippen LogP contribution in [0.4, 0.5) is 16.2 Å². The van der Waals surface area contributed by atoms with Gasteiger partial charge in [-0.15, -0.1) is 0 Å². The van der Waals surface area contributed by atoms with Gasteiger partial charge in [-0.3, -0.25) is 34.7 Å². The second-order valence-corrected chi connectivity index (χ2v) is 8.36. The maximum absolute atomic E-state index is 12.8. The van der Waals surface area contributed by atoms with Gasteiger partial charge in [0.2, 0.25) is 11.5 Å². The second-order valence-electron chi connectivity index (χ2n) is 7.36. The van der Waals surface area contributed by atoms with Crippen molar-refractivity contribution in [2.24, 2.45) is 0 Å². The predicted octanol–water partition coefficient (Wildman–Crippen LogP) is 4.91. The molecule has 0 bridgehead atoms. The number of ether oxygens (including phenoxy) is 2. The van der Waals surface area contributed by atoms with Crippen molar-refractivity contribution in [3.63, 3.8) is 0 Å². The molecule has 2 amide bonds. The number of nitro benzene ring substituents is 2. The molecule has 2 heterocycles. The molecule has 1 aromatic heterocycles. The molecule has 3 aromatic rings. The minimum absolute atomic E-state index is 0.0543. The zero-order valence-electron chi connectivity index (χ0n) is 18.8. The summed E-state index contributed by atoms with van der Waals surface area (Å²) in [5.74, 6) is -1.03. The fourth-order valence-electron chi connectivity index (χ4n) is 3.22. The van der Waals surface area contributed by atoms with Gasteiger partial charge in [-0.1, -0.05) is 12.1 Å². The number of nitrogens with zero attached hydrogens (tertiary/aromatic N) is 3. The Balaban J connectivity index is 1.47. The minimum atomic E-state index is -0.786. The van der Waals surface area contributed by atoms with Crippen LogP contribution in [0, 0.1) is 20.2 Å². The number of hydrogen-bond donors (Lipinski definition) is 0. The summed E-state index contributed by atoms with van der Waals surface area (Å²) in [6.45, 7) is -0.167. The molecule has 0 N–H and O–H groups in total. The second kappa shape index (κ2) is 10.3. The van der Waals surface area contributed by atoms with Gasteiger partial charge >= 0.3 is 11.7 Å². The van der Waals surface area contributed by atoms with E-state index in [1.54, 1.807) is 12.1 Å². The highest BCUT2D eigenvalue weighted by atomic mass is 32.2. The van der Waals surface area contributed by atoms with E-state index in [1.165, 1.54) is 37.5 Å². The van der Waals surface area contributed by atoms with E-state index in [9.17, 15) is 34.6 Å². The Labute approximate surface area is 211 Å². The van der Waals surface area contributed by atoms with E-state index in [4.69, 9.17) is 9.15 Å². The summed E-state index contributed by atoms with van der Waals surface area (Å²) < 4.78 is 15.4. The molecule has 188 valence electrons. The van der Waals surface area contributed by atoms with Gasteiger partial charge in [-0.05, 0) is 53.7 Å². The molecule has 4 rings (SSSR count). The normalized spacial score (nSPS) is 14.2. The summed E-state index contributed by atoms with van der Waals surface area (Å²) in [4.78, 5) is 58.4. The third kappa shape index (κ3) is 5.48. The Morgan fingerprint density at radius 2 is 1.78 bits per heavy atom. The fourth-order valence-corrected chi connectivity index (χ4v) is 4.06. The summed E-state index contributed by atoms with van der Waals surface area (Å²) >= 11 is 0.733. The fraction of sp³-hybridized carbons (Fsp3) is 0.0870. The molecule has 0 aliphatic carbocycles. The monoisotopic (exact) mass is 525 g/mol. The van der Waals surface area contributed by atoms with E-state index in [0.29, 0.717) is 5.56 Å². The Morgan fingerprint density at radius 1 is 1.05 bits per heavy atom. The van der Waals surface area contributed by atoms with Crippen LogP contribution in [0.5, 0.6) is 11.5 Å². The summed E-state index contributed by atoms with van der Waals surface area (Å²) in [6, 6.07) is 12.0. The standard InChI is InChI=1S/C23H15N3O10S/c1-34-22(28)19-9-7-16(36-19)12-24-21(27)20(37-23(24)29)10-13-2-5-15(6-3-13)35-18-8-4-14(25(30)31)11-17(18)26(32)33/h2-11H,12H2,1H3/b20-10+. The highest BCUT2D eigenvalue weighted by molar-refractivity contribution is 8.18. The number of imide groups is 1. The van der Waals surface area contributed by atoms with Crippen LogP contribution < -0.4 is 4.74 Å². The topological polar surface area (TPSA) is 172 Å². The first-order valence-electron chi connectivity index (χ1n) is 10.3. The lowest BCUT2D eigenvalue weighted by atomic mass is 10.2. The molecule has 0 unspecified atom stereocenters. The molecule has 0 saturated carbocycles. The smallest absolute Gasteiger partial charge is 0.373 e. The summed E-state index contributed by atoms with van der Waals surface area (Å²) in [6.07, 6.45) is 1.49. The third-order valence-corrected chi connectivity index (χ3v) is 5.90. The molecule has 0 spiro atoms. The van der Waals surface area contributed by atoms with E-state index in [0.717, 1.165) is 34.9 Å². The number of methoxy groups -OCH3 is 1. The first-order chi connectivity index (χ1) is 17.7. The number of carbonyl (C=O) groups excluding carboxylic acids is 3. The van der Waals surface area contributed by atoms with Crippen LogP contribution >= 0.6 is 11.8 Å². The SMILES string of the molecule is COC(=O)c1ccc(CN2C(=O)S/C(=C/c3ccc(Oc4ccc([N+](=O)[O-])cc4[N+](=O)[O-])cc3)C2=O)o1. The highest BCUT2D eigenvalue weighted by Gasteiger charge is 2.35. The summed E-state index contributed by atoms with van der Waals surface area (Å²) in [5, 5.41) is 21.6. The van der Waals surface area contributed by atoms with Gasteiger partial charge in [-0.2, -0.15) is 0 Å². The molecule has 0 atom stereocenters. The molecular weight excluding hydrogens is 510 g/mol. The maximum atomic E-state index is 12.8. The van der Waals surface area contributed by atoms with Crippen molar-refractivity contribution < 1.29 is 38.1 Å². The van der Waals surface area contributed by atoms with Gasteiger partial charge in [0.1, 0.15) is 11.5 Å². The molecular formula is C23H15N3O10S. The van der Waals surface area contributed by atoms with Crippen molar-refractivity contribution in [2.75, 3.05) is 7.11 Å². The van der Waals surface area contributed by atoms with Crippen molar-refractivity contribution in [3.8, 4) is 11.5 Å². The molecule has 1 aliphatic heterocycles. The minimum Gasteiger partial charge on any atom is -0.463 e. The molecule has 2 aromatic carbocycles. The van der Waals surface area contributed by atoms with E-state index < -0.39 is 38.3 Å². The van der Waals surface area contributed by atoms with Gasteiger partial charge < -0.3 is 13.9 Å². The lowest BCUT2D eigenvalue weighted by Gasteiger charge is -2.10. The van der Waals surface area contributed by atoms with Gasteiger partial charge in [0.15, 0.2) is 0 Å². The number of non-ortho nitro benzene ring substituents is 1. The van der Waals surface area contributed by atoms with Gasteiger partial charge in [-0.25, -0.2) is 4.79 Å². The number of thioether (sulfide) groups is 1. The van der Waals surface area contributed by atoms with Crippen LogP contribution in [0.1, 0.15) is 21.9 Å². The van der Waals surface area contributed by atoms with Crippen molar-refractivity contribution in [3.05, 3.63) is 96.8 Å². The Kier molecular flexibility index (Phi) is 7.01. The molecule has 13 nitrogen and oxygen atoms in total. The molecule has 14 heteroatoms. The maximum Gasteiger partial charge on any atom is 0.373 e. The summed E-state index contributed by atoms with van der Waals surface area (Å²) in [5.41, 5.74) is -0.469. The van der Waals surface area contributed by atoms with E-state index >= 15 is 0 Å². The Hall–Kier alpha value is -4.98. The number of nitro groups is 2. The molecule has 1 saturated heterocycles. The van der Waals surface area contributed by atoms with Gasteiger partial charge in [0.25, 0.3) is 16.8 Å². The average molecular weight is 525 g/mol. The van der Waals surface area contributed by atoms with Crippen LogP contribution in [0.15, 0.2) is 63.9 Å². The van der Waals surface area contributed by atoms with Crippen molar-refractivity contribution >= 4 is 46.3 Å². The summed E-state index contributed by atoms with van der Waals surface area (Å²) in [7, 11) is 1.20. The van der Waals surface area contributed by atoms with E-state index in [2.05, 4.69) is 4.74 Å². The van der Waals surface area contributed by atoms with E-state index in [1.807, 2.05) is 0 Å². The molecule has 1 fully saturated rings. The number of benzene rings is 2. The van der Waals surface area contributed by atoms with Gasteiger partial charge in [0, 0.05) is 6.07 Å². The van der Waals surface area contributed by atoms with E-state index in [-0.39, 0.29) is 34.5 Å². The average Bonchev–Trinajstić information content (AvgIpc) is 3.45. The van der Waals surface area contributed by atoms with Crippen LogP contribution in [-0.2, 0) is 16.1 Å². The first kappa shape index (κ1) is 25.1. The Bertz CT molecular complexity index is 1460. The quantitative estimate of drug-likeness (QED) is 0.169. The lowest BCUT2D eigenvalue weighted by Crippen LogP contribution is -2.27. The van der Waals surface area contributed by atoms with Crippen molar-refractivity contribution in [1.82, 2.24) is 4.90 Å². The van der Waals surface area contributed by atoms with Crippen molar-refractivity contribution in [1.29, 1.82) is 0 Å². The number of esters is 1. The zero-order chi connectivity index (χ0) is 26.7. The predicted molar refractivity (Wildman–Crippen MR) is 128 cm³/mol.